The van der Waals surface area contributed by atoms with Gasteiger partial charge in [0.2, 0.25) is 0 Å². The highest BCUT2D eigenvalue weighted by atomic mass is 19.1. The lowest BCUT2D eigenvalue weighted by Crippen LogP contribution is -2.46. The molecule has 1 aromatic heterocycles. The molecule has 2 heterocycles. The second-order valence-corrected chi connectivity index (χ2v) is 6.81. The Hall–Kier alpha value is -1.72. The van der Waals surface area contributed by atoms with Gasteiger partial charge in [0.15, 0.2) is 0 Å². The summed E-state index contributed by atoms with van der Waals surface area (Å²) in [6, 6.07) is 7.42. The van der Waals surface area contributed by atoms with Crippen LogP contribution in [0.4, 0.5) is 4.39 Å². The summed E-state index contributed by atoms with van der Waals surface area (Å²) in [6.45, 7) is 2.43. The maximum absolute atomic E-state index is 13.5. The molecule has 1 aliphatic heterocycles. The average molecular weight is 329 g/mol. The molecule has 0 spiro atoms. The van der Waals surface area contributed by atoms with E-state index in [2.05, 4.69) is 14.9 Å². The van der Waals surface area contributed by atoms with Crippen LogP contribution in [0.3, 0.4) is 0 Å². The Morgan fingerprint density at radius 2 is 2.08 bits per heavy atom. The van der Waals surface area contributed by atoms with Crippen molar-refractivity contribution >= 4 is 0 Å². The fraction of sp³-hybridized carbons (Fsp3) is 0.526. The molecule has 5 heteroatoms. The Balaban J connectivity index is 1.57. The molecule has 2 fully saturated rings. The van der Waals surface area contributed by atoms with E-state index in [4.69, 9.17) is 4.74 Å². The molecule has 2 aliphatic rings. The lowest BCUT2D eigenvalue weighted by Gasteiger charge is -2.41. The predicted octanol–water partition coefficient (Wildman–Crippen LogP) is 3.92. The van der Waals surface area contributed by atoms with E-state index in [1.807, 2.05) is 6.07 Å². The van der Waals surface area contributed by atoms with Crippen LogP contribution in [0.25, 0.3) is 11.3 Å². The summed E-state index contributed by atoms with van der Waals surface area (Å²) in [5.74, 6) is 0.702. The molecule has 1 atom stereocenters. The van der Waals surface area contributed by atoms with Crippen molar-refractivity contribution in [3.8, 4) is 11.3 Å². The molecule has 1 aromatic carbocycles. The molecule has 4 nitrogen and oxygen atoms in total. The minimum atomic E-state index is -0.228. The Bertz CT molecular complexity index is 681. The van der Waals surface area contributed by atoms with E-state index in [0.717, 1.165) is 30.2 Å². The Kier molecular flexibility index (Phi) is 4.63. The minimum absolute atomic E-state index is 0.171. The number of halogens is 1. The van der Waals surface area contributed by atoms with Crippen LogP contribution in [0.1, 0.15) is 44.0 Å². The number of H-pyrrole nitrogens is 1. The third-order valence-electron chi connectivity index (χ3n) is 5.26. The smallest absolute Gasteiger partial charge is 0.126 e. The lowest BCUT2D eigenvalue weighted by molar-refractivity contribution is -0.0400. The Morgan fingerprint density at radius 1 is 1.21 bits per heavy atom. The summed E-state index contributed by atoms with van der Waals surface area (Å²) in [4.78, 5) is 10.6. The Labute approximate surface area is 142 Å². The molecular weight excluding hydrogens is 305 g/mol. The second-order valence-electron chi connectivity index (χ2n) is 6.81. The number of rotatable bonds is 3. The summed E-state index contributed by atoms with van der Waals surface area (Å²) >= 11 is 0. The molecule has 24 heavy (non-hydrogen) atoms. The van der Waals surface area contributed by atoms with Crippen LogP contribution < -0.4 is 0 Å². The van der Waals surface area contributed by atoms with Crippen LogP contribution in [0, 0.1) is 5.82 Å². The highest BCUT2D eigenvalue weighted by Gasteiger charge is 2.32. The normalized spacial score (nSPS) is 23.5. The first-order chi connectivity index (χ1) is 11.8. The van der Waals surface area contributed by atoms with Gasteiger partial charge in [-0.2, -0.15) is 0 Å². The fourth-order valence-electron chi connectivity index (χ4n) is 4.01. The zero-order chi connectivity index (χ0) is 16.4. The minimum Gasteiger partial charge on any atom is -0.378 e. The summed E-state index contributed by atoms with van der Waals surface area (Å²) < 4.78 is 19.2. The van der Waals surface area contributed by atoms with Gasteiger partial charge in [0.25, 0.3) is 0 Å². The SMILES string of the molecule is Fc1cccc(-c2cnc(C3COCCN3C3CCCCC3)[nH]2)c1. The van der Waals surface area contributed by atoms with Gasteiger partial charge in [0, 0.05) is 18.2 Å². The Morgan fingerprint density at radius 3 is 2.92 bits per heavy atom. The van der Waals surface area contributed by atoms with Crippen LogP contribution in [0.2, 0.25) is 0 Å². The highest BCUT2D eigenvalue weighted by molar-refractivity contribution is 5.58. The van der Waals surface area contributed by atoms with Gasteiger partial charge in [0.1, 0.15) is 11.6 Å². The van der Waals surface area contributed by atoms with E-state index in [-0.39, 0.29) is 11.9 Å². The molecular formula is C19H24FN3O. The maximum Gasteiger partial charge on any atom is 0.126 e. The van der Waals surface area contributed by atoms with Crippen LogP contribution in [0.5, 0.6) is 0 Å². The van der Waals surface area contributed by atoms with E-state index >= 15 is 0 Å². The molecule has 1 saturated heterocycles. The highest BCUT2D eigenvalue weighted by Crippen LogP contribution is 2.32. The molecule has 0 amide bonds. The van der Waals surface area contributed by atoms with E-state index in [1.165, 1.54) is 44.2 Å². The number of benzene rings is 1. The number of nitrogens with zero attached hydrogens (tertiary/aromatic N) is 2. The fourth-order valence-corrected chi connectivity index (χ4v) is 4.01. The van der Waals surface area contributed by atoms with Crippen LogP contribution in [0.15, 0.2) is 30.5 Å². The van der Waals surface area contributed by atoms with Crippen molar-refractivity contribution in [2.75, 3.05) is 19.8 Å². The number of morpholine rings is 1. The molecule has 0 bridgehead atoms. The quantitative estimate of drug-likeness (QED) is 0.928. The number of aromatic amines is 1. The number of aromatic nitrogens is 2. The molecule has 0 radical (unpaired) electrons. The van der Waals surface area contributed by atoms with Crippen molar-refractivity contribution in [2.45, 2.75) is 44.2 Å². The van der Waals surface area contributed by atoms with Gasteiger partial charge >= 0.3 is 0 Å². The molecule has 4 rings (SSSR count). The second kappa shape index (κ2) is 7.03. The topological polar surface area (TPSA) is 41.1 Å². The van der Waals surface area contributed by atoms with Gasteiger partial charge in [-0.25, -0.2) is 9.37 Å². The first-order valence-corrected chi connectivity index (χ1v) is 8.95. The van der Waals surface area contributed by atoms with E-state index < -0.39 is 0 Å². The predicted molar refractivity (Wildman–Crippen MR) is 91.1 cm³/mol. The van der Waals surface area contributed by atoms with E-state index in [1.54, 1.807) is 12.3 Å². The van der Waals surface area contributed by atoms with Crippen LogP contribution >= 0.6 is 0 Å². The number of ether oxygens (including phenoxy) is 1. The van der Waals surface area contributed by atoms with Crippen molar-refractivity contribution in [3.63, 3.8) is 0 Å². The molecule has 128 valence electrons. The van der Waals surface area contributed by atoms with Crippen molar-refractivity contribution in [1.82, 2.24) is 14.9 Å². The molecule has 1 aliphatic carbocycles. The number of imidazole rings is 1. The molecule has 2 aromatic rings. The zero-order valence-electron chi connectivity index (χ0n) is 13.9. The van der Waals surface area contributed by atoms with E-state index in [9.17, 15) is 4.39 Å². The van der Waals surface area contributed by atoms with Gasteiger partial charge in [-0.1, -0.05) is 31.4 Å². The largest absolute Gasteiger partial charge is 0.378 e. The van der Waals surface area contributed by atoms with Crippen molar-refractivity contribution in [3.05, 3.63) is 42.1 Å². The van der Waals surface area contributed by atoms with Gasteiger partial charge in [-0.3, -0.25) is 4.90 Å². The van der Waals surface area contributed by atoms with Crippen molar-refractivity contribution < 1.29 is 9.13 Å². The molecule has 1 unspecified atom stereocenters. The van der Waals surface area contributed by atoms with Crippen molar-refractivity contribution in [2.24, 2.45) is 0 Å². The molecule has 1 saturated carbocycles. The summed E-state index contributed by atoms with van der Waals surface area (Å²) in [6.07, 6.45) is 8.35. The molecule has 1 N–H and O–H groups in total. The summed E-state index contributed by atoms with van der Waals surface area (Å²) in [7, 11) is 0. The first-order valence-electron chi connectivity index (χ1n) is 8.95. The average Bonchev–Trinajstić information content (AvgIpc) is 3.12. The van der Waals surface area contributed by atoms with Crippen LogP contribution in [-0.2, 0) is 4.74 Å². The number of hydrogen-bond acceptors (Lipinski definition) is 3. The summed E-state index contributed by atoms with van der Waals surface area (Å²) in [5.41, 5.74) is 1.69. The standard InChI is InChI=1S/C19H24FN3O/c20-15-6-4-5-14(11-15)17-12-21-19(22-17)18-13-24-10-9-23(18)16-7-2-1-3-8-16/h4-6,11-12,16,18H,1-3,7-10,13H2,(H,21,22). The third-order valence-corrected chi connectivity index (χ3v) is 5.26. The monoisotopic (exact) mass is 329 g/mol. The van der Waals surface area contributed by atoms with Gasteiger partial charge in [-0.15, -0.1) is 0 Å². The first kappa shape index (κ1) is 15.8. The van der Waals surface area contributed by atoms with Crippen molar-refractivity contribution in [1.29, 1.82) is 0 Å². The maximum atomic E-state index is 13.5. The lowest BCUT2D eigenvalue weighted by atomic mass is 9.93. The van der Waals surface area contributed by atoms with Crippen LogP contribution in [-0.4, -0.2) is 40.7 Å². The summed E-state index contributed by atoms with van der Waals surface area (Å²) in [5, 5.41) is 0. The third kappa shape index (κ3) is 3.23. The number of nitrogens with one attached hydrogen (secondary N) is 1. The van der Waals surface area contributed by atoms with E-state index in [0.29, 0.717) is 12.6 Å². The van der Waals surface area contributed by atoms with Gasteiger partial charge in [-0.05, 0) is 25.0 Å². The zero-order valence-corrected chi connectivity index (χ0v) is 13.9. The van der Waals surface area contributed by atoms with Gasteiger partial charge < -0.3 is 9.72 Å². The van der Waals surface area contributed by atoms with Gasteiger partial charge in [0.05, 0.1) is 31.1 Å². The number of hydrogen-bond donors (Lipinski definition) is 1.